The average Bonchev–Trinajstić information content (AvgIpc) is 2.86. The van der Waals surface area contributed by atoms with Crippen LogP contribution in [-0.2, 0) is 6.42 Å². The van der Waals surface area contributed by atoms with Crippen molar-refractivity contribution >= 4 is 39.8 Å². The van der Waals surface area contributed by atoms with Crippen LogP contribution in [0.25, 0.3) is 0 Å². The SMILES string of the molecule is CC(C)Cc1nnc(NC2CCSc3ccc(Cl)cc32)s1. The Hall–Kier alpha value is -0.780. The van der Waals surface area contributed by atoms with Crippen LogP contribution in [0.4, 0.5) is 5.13 Å². The molecule has 2 aromatic rings. The zero-order valence-corrected chi connectivity index (χ0v) is 14.5. The molecule has 1 aromatic heterocycles. The first kappa shape index (κ1) is 15.1. The van der Waals surface area contributed by atoms with Crippen LogP contribution in [0.2, 0.25) is 5.02 Å². The molecule has 0 saturated heterocycles. The van der Waals surface area contributed by atoms with E-state index in [4.69, 9.17) is 11.6 Å². The van der Waals surface area contributed by atoms with E-state index in [-0.39, 0.29) is 6.04 Å². The molecule has 1 unspecified atom stereocenters. The van der Waals surface area contributed by atoms with Gasteiger partial charge in [0.15, 0.2) is 0 Å². The molecular formula is C15H18ClN3S2. The Morgan fingerprint density at radius 3 is 3.05 bits per heavy atom. The number of aromatic nitrogens is 2. The van der Waals surface area contributed by atoms with Crippen LogP contribution in [0.1, 0.15) is 36.9 Å². The highest BCUT2D eigenvalue weighted by molar-refractivity contribution is 7.99. The van der Waals surface area contributed by atoms with Gasteiger partial charge in [0.25, 0.3) is 0 Å². The maximum absolute atomic E-state index is 6.14. The predicted octanol–water partition coefficient (Wildman–Crippen LogP) is 5.04. The van der Waals surface area contributed by atoms with E-state index < -0.39 is 0 Å². The van der Waals surface area contributed by atoms with Crippen molar-refractivity contribution in [3.8, 4) is 0 Å². The Bertz CT molecular complexity index is 627. The maximum atomic E-state index is 6.14. The summed E-state index contributed by atoms with van der Waals surface area (Å²) in [6, 6.07) is 6.42. The molecule has 3 rings (SSSR count). The van der Waals surface area contributed by atoms with Crippen LogP contribution < -0.4 is 5.32 Å². The molecule has 0 spiro atoms. The van der Waals surface area contributed by atoms with Gasteiger partial charge in [-0.05, 0) is 36.1 Å². The van der Waals surface area contributed by atoms with E-state index in [1.165, 1.54) is 10.5 Å². The van der Waals surface area contributed by atoms with Gasteiger partial charge in [-0.3, -0.25) is 0 Å². The topological polar surface area (TPSA) is 37.8 Å². The molecule has 112 valence electrons. The molecule has 0 amide bonds. The van der Waals surface area contributed by atoms with E-state index in [0.29, 0.717) is 5.92 Å². The molecule has 1 atom stereocenters. The van der Waals surface area contributed by atoms with Crippen molar-refractivity contribution in [2.45, 2.75) is 37.6 Å². The van der Waals surface area contributed by atoms with Gasteiger partial charge in [-0.2, -0.15) is 0 Å². The first-order valence-electron chi connectivity index (χ1n) is 7.13. The molecule has 1 aromatic carbocycles. The largest absolute Gasteiger partial charge is 0.353 e. The second kappa shape index (κ2) is 6.55. The number of nitrogens with one attached hydrogen (secondary N) is 1. The maximum Gasteiger partial charge on any atom is 0.206 e. The molecule has 1 aliphatic heterocycles. The molecule has 0 saturated carbocycles. The van der Waals surface area contributed by atoms with Gasteiger partial charge < -0.3 is 5.32 Å². The van der Waals surface area contributed by atoms with Gasteiger partial charge in [-0.1, -0.05) is 36.8 Å². The van der Waals surface area contributed by atoms with Crippen molar-refractivity contribution in [1.82, 2.24) is 10.2 Å². The molecule has 0 fully saturated rings. The number of thioether (sulfide) groups is 1. The number of benzene rings is 1. The third kappa shape index (κ3) is 3.71. The second-order valence-corrected chi connectivity index (χ2v) is 8.25. The number of rotatable bonds is 4. The van der Waals surface area contributed by atoms with Crippen LogP contribution in [0, 0.1) is 5.92 Å². The van der Waals surface area contributed by atoms with Gasteiger partial charge in [0.1, 0.15) is 5.01 Å². The summed E-state index contributed by atoms with van der Waals surface area (Å²) in [5.74, 6) is 1.72. The van der Waals surface area contributed by atoms with E-state index in [0.717, 1.165) is 33.8 Å². The molecule has 1 N–H and O–H groups in total. The number of nitrogens with zero attached hydrogens (tertiary/aromatic N) is 2. The second-order valence-electron chi connectivity index (χ2n) is 5.62. The fraction of sp³-hybridized carbons (Fsp3) is 0.467. The van der Waals surface area contributed by atoms with Crippen molar-refractivity contribution in [2.75, 3.05) is 11.1 Å². The fourth-order valence-electron chi connectivity index (χ4n) is 2.41. The molecule has 0 radical (unpaired) electrons. The zero-order valence-electron chi connectivity index (χ0n) is 12.1. The molecule has 1 aliphatic rings. The lowest BCUT2D eigenvalue weighted by molar-refractivity contribution is 0.639. The van der Waals surface area contributed by atoms with Gasteiger partial charge in [-0.15, -0.1) is 22.0 Å². The minimum atomic E-state index is 0.278. The summed E-state index contributed by atoms with van der Waals surface area (Å²) in [5, 5.41) is 14.9. The van der Waals surface area contributed by atoms with Crippen LogP contribution in [-0.4, -0.2) is 16.0 Å². The van der Waals surface area contributed by atoms with E-state index in [1.54, 1.807) is 11.3 Å². The number of fused-ring (bicyclic) bond motifs is 1. The number of hydrogen-bond acceptors (Lipinski definition) is 5. The van der Waals surface area contributed by atoms with Gasteiger partial charge in [0.2, 0.25) is 5.13 Å². The van der Waals surface area contributed by atoms with Gasteiger partial charge in [0.05, 0.1) is 6.04 Å². The standard InChI is InChI=1S/C15H18ClN3S2/c1-9(2)7-14-18-19-15(21-14)17-12-5-6-20-13-4-3-10(16)8-11(12)13/h3-4,8-9,12H,5-7H2,1-2H3,(H,17,19). The van der Waals surface area contributed by atoms with Crippen LogP contribution >= 0.6 is 34.7 Å². The highest BCUT2D eigenvalue weighted by Crippen LogP contribution is 2.39. The Kier molecular flexibility index (Phi) is 4.72. The molecule has 2 heterocycles. The summed E-state index contributed by atoms with van der Waals surface area (Å²) < 4.78 is 0. The lowest BCUT2D eigenvalue weighted by Gasteiger charge is -2.25. The first-order chi connectivity index (χ1) is 10.1. The van der Waals surface area contributed by atoms with Crippen molar-refractivity contribution < 1.29 is 0 Å². The quantitative estimate of drug-likeness (QED) is 0.846. The van der Waals surface area contributed by atoms with Crippen LogP contribution in [0.15, 0.2) is 23.1 Å². The zero-order chi connectivity index (χ0) is 14.8. The number of halogens is 1. The normalized spacial score (nSPS) is 17.8. The van der Waals surface area contributed by atoms with Gasteiger partial charge in [0, 0.05) is 22.1 Å². The summed E-state index contributed by atoms with van der Waals surface area (Å²) in [6.07, 6.45) is 2.07. The summed E-state index contributed by atoms with van der Waals surface area (Å²) in [7, 11) is 0. The lowest BCUT2D eigenvalue weighted by Crippen LogP contribution is -2.16. The molecule has 21 heavy (non-hydrogen) atoms. The Labute approximate surface area is 138 Å². The number of hydrogen-bond donors (Lipinski definition) is 1. The van der Waals surface area contributed by atoms with Gasteiger partial charge in [-0.25, -0.2) is 0 Å². The van der Waals surface area contributed by atoms with Crippen molar-refractivity contribution in [3.05, 3.63) is 33.8 Å². The minimum Gasteiger partial charge on any atom is -0.353 e. The highest BCUT2D eigenvalue weighted by Gasteiger charge is 2.22. The fourth-order valence-corrected chi connectivity index (χ4v) is 4.70. The van der Waals surface area contributed by atoms with Gasteiger partial charge >= 0.3 is 0 Å². The van der Waals surface area contributed by atoms with E-state index in [9.17, 15) is 0 Å². The van der Waals surface area contributed by atoms with E-state index in [2.05, 4.69) is 41.5 Å². The summed E-state index contributed by atoms with van der Waals surface area (Å²) in [5.41, 5.74) is 1.28. The number of anilines is 1. The third-order valence-corrected chi connectivity index (χ3v) is 5.59. The lowest BCUT2D eigenvalue weighted by atomic mass is 10.0. The van der Waals surface area contributed by atoms with Crippen LogP contribution in [0.3, 0.4) is 0 Å². The van der Waals surface area contributed by atoms with Crippen molar-refractivity contribution in [3.63, 3.8) is 0 Å². The molecule has 0 aliphatic carbocycles. The van der Waals surface area contributed by atoms with Crippen molar-refractivity contribution in [2.24, 2.45) is 5.92 Å². The molecular weight excluding hydrogens is 322 g/mol. The Balaban J connectivity index is 1.77. The summed E-state index contributed by atoms with van der Waals surface area (Å²) in [4.78, 5) is 1.31. The van der Waals surface area contributed by atoms with Crippen molar-refractivity contribution in [1.29, 1.82) is 0 Å². The molecule has 3 nitrogen and oxygen atoms in total. The monoisotopic (exact) mass is 339 g/mol. The molecule has 0 bridgehead atoms. The highest BCUT2D eigenvalue weighted by atomic mass is 35.5. The van der Waals surface area contributed by atoms with E-state index in [1.807, 2.05) is 17.8 Å². The third-order valence-electron chi connectivity index (χ3n) is 3.36. The molecule has 6 heteroatoms. The Morgan fingerprint density at radius 1 is 1.38 bits per heavy atom. The first-order valence-corrected chi connectivity index (χ1v) is 9.31. The average molecular weight is 340 g/mol. The summed E-state index contributed by atoms with van der Waals surface area (Å²) >= 11 is 9.70. The smallest absolute Gasteiger partial charge is 0.206 e. The minimum absolute atomic E-state index is 0.278. The van der Waals surface area contributed by atoms with Crippen LogP contribution in [0.5, 0.6) is 0 Å². The van der Waals surface area contributed by atoms with E-state index >= 15 is 0 Å². The Morgan fingerprint density at radius 2 is 2.24 bits per heavy atom. The predicted molar refractivity (Wildman–Crippen MR) is 91.6 cm³/mol. The summed E-state index contributed by atoms with van der Waals surface area (Å²) in [6.45, 7) is 4.40.